The zero-order valence-electron chi connectivity index (χ0n) is 7.32. The second-order valence-electron chi connectivity index (χ2n) is 2.86. The fraction of sp³-hybridized carbons (Fsp3) is 0.100. The molecule has 0 fully saturated rings. The van der Waals surface area contributed by atoms with Gasteiger partial charge in [0.2, 0.25) is 0 Å². The van der Waals surface area contributed by atoms with Crippen molar-refractivity contribution in [3.05, 3.63) is 46.1 Å². The van der Waals surface area contributed by atoms with E-state index < -0.39 is 0 Å². The first-order chi connectivity index (χ1) is 6.81. The Labute approximate surface area is 105 Å². The summed E-state index contributed by atoms with van der Waals surface area (Å²) >= 11 is 5.71. The highest BCUT2D eigenvalue weighted by molar-refractivity contribution is 14.1. The number of rotatable bonds is 2. The summed E-state index contributed by atoms with van der Waals surface area (Å²) in [6.45, 7) is 0. The molecule has 2 rings (SSSR count). The van der Waals surface area contributed by atoms with Crippen LogP contribution in [-0.2, 0) is 5.33 Å². The lowest BCUT2D eigenvalue weighted by Crippen LogP contribution is -1.92. The van der Waals surface area contributed by atoms with Crippen LogP contribution in [0.2, 0.25) is 0 Å². The third kappa shape index (κ3) is 2.00. The molecule has 0 amide bonds. The summed E-state index contributed by atoms with van der Waals surface area (Å²) in [4.78, 5) is 4.26. The van der Waals surface area contributed by atoms with E-state index in [1.807, 2.05) is 29.2 Å². The second kappa shape index (κ2) is 4.44. The van der Waals surface area contributed by atoms with Crippen molar-refractivity contribution >= 4 is 38.5 Å². The Morgan fingerprint density at radius 1 is 1.36 bits per heavy atom. The SMILES string of the molecule is BrCc1cn(-c2ccccc2I)cn1. The Morgan fingerprint density at radius 3 is 2.79 bits per heavy atom. The Hall–Kier alpha value is -0.360. The lowest BCUT2D eigenvalue weighted by atomic mass is 10.3. The van der Waals surface area contributed by atoms with Crippen LogP contribution in [0, 0.1) is 3.57 Å². The molecule has 1 heterocycles. The molecule has 2 aromatic rings. The van der Waals surface area contributed by atoms with E-state index in [9.17, 15) is 0 Å². The van der Waals surface area contributed by atoms with E-state index in [1.165, 1.54) is 9.26 Å². The molecule has 1 aromatic heterocycles. The van der Waals surface area contributed by atoms with Gasteiger partial charge in [-0.25, -0.2) is 4.98 Å². The predicted octanol–water partition coefficient (Wildman–Crippen LogP) is 3.37. The average molecular weight is 363 g/mol. The molecular weight excluding hydrogens is 355 g/mol. The minimum atomic E-state index is 0.795. The third-order valence-electron chi connectivity index (χ3n) is 1.90. The quantitative estimate of drug-likeness (QED) is 0.591. The molecule has 0 aliphatic carbocycles. The van der Waals surface area contributed by atoms with E-state index in [0.29, 0.717) is 0 Å². The molecule has 0 saturated heterocycles. The molecule has 72 valence electrons. The molecule has 4 heteroatoms. The molecule has 0 aliphatic rings. The summed E-state index contributed by atoms with van der Waals surface area (Å²) in [5, 5.41) is 0.795. The zero-order valence-corrected chi connectivity index (χ0v) is 11.1. The summed E-state index contributed by atoms with van der Waals surface area (Å²) in [7, 11) is 0. The van der Waals surface area contributed by atoms with Crippen molar-refractivity contribution in [2.24, 2.45) is 0 Å². The van der Waals surface area contributed by atoms with Crippen molar-refractivity contribution in [3.8, 4) is 5.69 Å². The third-order valence-corrected chi connectivity index (χ3v) is 3.39. The molecule has 0 N–H and O–H groups in total. The molecule has 0 radical (unpaired) electrons. The van der Waals surface area contributed by atoms with E-state index in [0.717, 1.165) is 11.0 Å². The standard InChI is InChI=1S/C10H8BrIN2/c11-5-8-6-14(7-13-8)10-4-2-1-3-9(10)12/h1-4,6-7H,5H2. The van der Waals surface area contributed by atoms with E-state index in [1.54, 1.807) is 0 Å². The highest BCUT2D eigenvalue weighted by Gasteiger charge is 2.02. The maximum absolute atomic E-state index is 4.26. The first kappa shape index (κ1) is 10.2. The number of alkyl halides is 1. The normalized spacial score (nSPS) is 10.4. The fourth-order valence-corrected chi connectivity index (χ4v) is 2.18. The molecule has 0 atom stereocenters. The number of nitrogens with zero attached hydrogens (tertiary/aromatic N) is 2. The lowest BCUT2D eigenvalue weighted by molar-refractivity contribution is 1.05. The van der Waals surface area contributed by atoms with Crippen LogP contribution in [0.25, 0.3) is 5.69 Å². The van der Waals surface area contributed by atoms with Gasteiger partial charge in [0.1, 0.15) is 0 Å². The van der Waals surface area contributed by atoms with Crippen molar-refractivity contribution in [2.75, 3.05) is 0 Å². The van der Waals surface area contributed by atoms with Gasteiger partial charge in [-0.05, 0) is 34.7 Å². The van der Waals surface area contributed by atoms with Gasteiger partial charge in [-0.1, -0.05) is 28.1 Å². The van der Waals surface area contributed by atoms with Gasteiger partial charge in [0.25, 0.3) is 0 Å². The molecule has 2 nitrogen and oxygen atoms in total. The fourth-order valence-electron chi connectivity index (χ4n) is 1.23. The van der Waals surface area contributed by atoms with Crippen molar-refractivity contribution in [2.45, 2.75) is 5.33 Å². The van der Waals surface area contributed by atoms with E-state index in [2.05, 4.69) is 55.6 Å². The first-order valence-corrected chi connectivity index (χ1v) is 6.35. The molecule has 0 bridgehead atoms. The average Bonchev–Trinajstić information content (AvgIpc) is 2.67. The van der Waals surface area contributed by atoms with E-state index in [4.69, 9.17) is 0 Å². The predicted molar refractivity (Wildman–Crippen MR) is 68.9 cm³/mol. The summed E-state index contributed by atoms with van der Waals surface area (Å²) in [6, 6.07) is 8.24. The van der Waals surface area contributed by atoms with Crippen LogP contribution in [0.15, 0.2) is 36.8 Å². The van der Waals surface area contributed by atoms with E-state index in [-0.39, 0.29) is 0 Å². The van der Waals surface area contributed by atoms with Crippen molar-refractivity contribution < 1.29 is 0 Å². The van der Waals surface area contributed by atoms with Gasteiger partial charge >= 0.3 is 0 Å². The Kier molecular flexibility index (Phi) is 3.22. The van der Waals surface area contributed by atoms with Crippen LogP contribution in [0.3, 0.4) is 0 Å². The van der Waals surface area contributed by atoms with Crippen LogP contribution in [-0.4, -0.2) is 9.55 Å². The molecule has 0 spiro atoms. The summed E-state index contributed by atoms with van der Waals surface area (Å²) in [5.41, 5.74) is 2.22. The summed E-state index contributed by atoms with van der Waals surface area (Å²) in [5.74, 6) is 0. The summed E-state index contributed by atoms with van der Waals surface area (Å²) in [6.07, 6.45) is 3.88. The minimum Gasteiger partial charge on any atom is -0.305 e. The van der Waals surface area contributed by atoms with Crippen molar-refractivity contribution in [1.82, 2.24) is 9.55 Å². The zero-order chi connectivity index (χ0) is 9.97. The van der Waals surface area contributed by atoms with Crippen molar-refractivity contribution in [1.29, 1.82) is 0 Å². The molecule has 0 aliphatic heterocycles. The number of hydrogen-bond donors (Lipinski definition) is 0. The largest absolute Gasteiger partial charge is 0.305 e. The van der Waals surface area contributed by atoms with Gasteiger partial charge in [-0.3, -0.25) is 0 Å². The maximum atomic E-state index is 4.26. The van der Waals surface area contributed by atoms with Crippen LogP contribution >= 0.6 is 38.5 Å². The first-order valence-electron chi connectivity index (χ1n) is 4.15. The number of para-hydroxylation sites is 1. The lowest BCUT2D eigenvalue weighted by Gasteiger charge is -2.03. The number of halogens is 2. The van der Waals surface area contributed by atoms with Gasteiger partial charge < -0.3 is 4.57 Å². The van der Waals surface area contributed by atoms with Gasteiger partial charge in [0.05, 0.1) is 17.7 Å². The number of benzene rings is 1. The van der Waals surface area contributed by atoms with Gasteiger partial charge in [-0.2, -0.15) is 0 Å². The molecule has 1 aromatic carbocycles. The minimum absolute atomic E-state index is 0.795. The van der Waals surface area contributed by atoms with Gasteiger partial charge in [-0.15, -0.1) is 0 Å². The molecule has 14 heavy (non-hydrogen) atoms. The number of aromatic nitrogens is 2. The van der Waals surface area contributed by atoms with Crippen molar-refractivity contribution in [3.63, 3.8) is 0 Å². The van der Waals surface area contributed by atoms with Crippen LogP contribution in [0.1, 0.15) is 5.69 Å². The Balaban J connectivity index is 2.44. The van der Waals surface area contributed by atoms with Gasteiger partial charge in [0.15, 0.2) is 0 Å². The number of hydrogen-bond acceptors (Lipinski definition) is 1. The number of imidazole rings is 1. The van der Waals surface area contributed by atoms with Crippen LogP contribution < -0.4 is 0 Å². The van der Waals surface area contributed by atoms with E-state index >= 15 is 0 Å². The molecule has 0 unspecified atom stereocenters. The monoisotopic (exact) mass is 362 g/mol. The summed E-state index contributed by atoms with van der Waals surface area (Å²) < 4.78 is 3.27. The van der Waals surface area contributed by atoms with Gasteiger partial charge in [0, 0.05) is 15.1 Å². The Bertz CT molecular complexity index is 439. The van der Waals surface area contributed by atoms with Crippen LogP contribution in [0.4, 0.5) is 0 Å². The maximum Gasteiger partial charge on any atom is 0.0995 e. The highest BCUT2D eigenvalue weighted by Crippen LogP contribution is 2.17. The molecule has 0 saturated carbocycles. The highest BCUT2D eigenvalue weighted by atomic mass is 127. The topological polar surface area (TPSA) is 17.8 Å². The Morgan fingerprint density at radius 2 is 2.14 bits per heavy atom. The van der Waals surface area contributed by atoms with Crippen LogP contribution in [0.5, 0.6) is 0 Å². The smallest absolute Gasteiger partial charge is 0.0995 e. The second-order valence-corrected chi connectivity index (χ2v) is 4.58. The molecular formula is C10H8BrIN2.